The molecule has 2 amide bonds. The molecule has 2 aromatic carbocycles. The molecule has 0 bridgehead atoms. The molecule has 2 aliphatic heterocycles. The molecule has 2 N–H and O–H groups in total. The van der Waals surface area contributed by atoms with Gasteiger partial charge in [0.05, 0.1) is 29.4 Å². The molecular weight excluding hydrogens is 499 g/mol. The highest BCUT2D eigenvalue weighted by molar-refractivity contribution is 6.37. The Bertz CT molecular complexity index is 1070. The minimum absolute atomic E-state index is 0.133. The third-order valence-corrected chi connectivity index (χ3v) is 7.39. The summed E-state index contributed by atoms with van der Waals surface area (Å²) in [6.45, 7) is 9.00. The minimum atomic E-state index is -0.354. The van der Waals surface area contributed by atoms with Gasteiger partial charge in [0.25, 0.3) is 11.8 Å². The van der Waals surface area contributed by atoms with Gasteiger partial charge >= 0.3 is 0 Å². The zero-order valence-corrected chi connectivity index (χ0v) is 22.2. The fraction of sp³-hybridized carbons (Fsp3) is 0.481. The van der Waals surface area contributed by atoms with E-state index in [1.807, 2.05) is 12.1 Å². The van der Waals surface area contributed by atoms with Gasteiger partial charge < -0.3 is 20.3 Å². The van der Waals surface area contributed by atoms with E-state index in [-0.39, 0.29) is 16.8 Å². The Morgan fingerprint density at radius 3 is 2.44 bits per heavy atom. The number of hydrogen-bond acceptors (Lipinski definition) is 5. The van der Waals surface area contributed by atoms with Crippen LogP contribution in [0.4, 0.5) is 11.4 Å². The van der Waals surface area contributed by atoms with E-state index in [0.717, 1.165) is 70.9 Å². The van der Waals surface area contributed by atoms with Gasteiger partial charge in [0.1, 0.15) is 0 Å². The van der Waals surface area contributed by atoms with Crippen LogP contribution >= 0.6 is 23.2 Å². The Hall–Kier alpha value is -2.32. The summed E-state index contributed by atoms with van der Waals surface area (Å²) in [6, 6.07) is 10.3. The van der Waals surface area contributed by atoms with Crippen molar-refractivity contribution in [2.45, 2.75) is 26.2 Å². The summed E-state index contributed by atoms with van der Waals surface area (Å²) < 4.78 is 5.40. The molecule has 0 unspecified atom stereocenters. The molecule has 2 aliphatic rings. The van der Waals surface area contributed by atoms with E-state index >= 15 is 0 Å². The van der Waals surface area contributed by atoms with Crippen LogP contribution in [0.3, 0.4) is 0 Å². The number of rotatable bonds is 8. The van der Waals surface area contributed by atoms with Crippen LogP contribution in [0.2, 0.25) is 10.0 Å². The molecule has 4 rings (SSSR count). The standard InChI is InChI=1S/C27H34Cl2N4O3/c1-19-7-11-33(12-8-19)25-6-4-21(31-27(35)22-5-3-20(28)17-24(22)29)18-23(25)26(34)30-9-2-10-32-13-15-36-16-14-32/h3-6,17-19H,2,7-16H2,1H3,(H,30,34)(H,31,35). The molecule has 0 spiro atoms. The highest BCUT2D eigenvalue weighted by atomic mass is 35.5. The van der Waals surface area contributed by atoms with Gasteiger partial charge in [-0.05, 0) is 68.1 Å². The average molecular weight is 534 g/mol. The van der Waals surface area contributed by atoms with Crippen LogP contribution in [0.1, 0.15) is 46.9 Å². The molecule has 2 heterocycles. The van der Waals surface area contributed by atoms with Crippen molar-refractivity contribution in [3.8, 4) is 0 Å². The van der Waals surface area contributed by atoms with Crippen LogP contribution < -0.4 is 15.5 Å². The van der Waals surface area contributed by atoms with Gasteiger partial charge in [0.15, 0.2) is 0 Å². The second kappa shape index (κ2) is 12.8. The number of hydrogen-bond donors (Lipinski definition) is 2. The molecule has 9 heteroatoms. The summed E-state index contributed by atoms with van der Waals surface area (Å²) in [6.07, 6.45) is 3.05. The lowest BCUT2D eigenvalue weighted by molar-refractivity contribution is 0.0374. The first-order chi connectivity index (χ1) is 17.4. The molecule has 7 nitrogen and oxygen atoms in total. The summed E-state index contributed by atoms with van der Waals surface area (Å²) in [5.41, 5.74) is 2.33. The van der Waals surface area contributed by atoms with E-state index in [4.69, 9.17) is 27.9 Å². The highest BCUT2D eigenvalue weighted by Crippen LogP contribution is 2.29. The van der Waals surface area contributed by atoms with Gasteiger partial charge in [0.2, 0.25) is 0 Å². The fourth-order valence-electron chi connectivity index (χ4n) is 4.62. The molecule has 0 atom stereocenters. The second-order valence-corrected chi connectivity index (χ2v) is 10.4. The Morgan fingerprint density at radius 1 is 0.972 bits per heavy atom. The summed E-state index contributed by atoms with van der Waals surface area (Å²) >= 11 is 12.2. The number of halogens is 2. The van der Waals surface area contributed by atoms with E-state index in [0.29, 0.717) is 34.3 Å². The molecule has 2 fully saturated rings. The maximum Gasteiger partial charge on any atom is 0.257 e. The van der Waals surface area contributed by atoms with E-state index in [1.165, 1.54) is 6.07 Å². The molecule has 194 valence electrons. The van der Waals surface area contributed by atoms with Crippen molar-refractivity contribution in [3.05, 3.63) is 57.6 Å². The van der Waals surface area contributed by atoms with E-state index in [9.17, 15) is 9.59 Å². The maximum atomic E-state index is 13.3. The third-order valence-electron chi connectivity index (χ3n) is 6.84. The number of benzene rings is 2. The van der Waals surface area contributed by atoms with E-state index < -0.39 is 0 Å². The smallest absolute Gasteiger partial charge is 0.257 e. The van der Waals surface area contributed by atoms with Crippen molar-refractivity contribution < 1.29 is 14.3 Å². The topological polar surface area (TPSA) is 73.9 Å². The monoisotopic (exact) mass is 532 g/mol. The third kappa shape index (κ3) is 7.13. The van der Waals surface area contributed by atoms with Gasteiger partial charge in [-0.15, -0.1) is 0 Å². The molecule has 2 aromatic rings. The molecule has 0 saturated carbocycles. The zero-order chi connectivity index (χ0) is 25.5. The lowest BCUT2D eigenvalue weighted by Crippen LogP contribution is -2.38. The first kappa shape index (κ1) is 26.7. The Kier molecular flexibility index (Phi) is 9.48. The van der Waals surface area contributed by atoms with Crippen LogP contribution in [-0.2, 0) is 4.74 Å². The van der Waals surface area contributed by atoms with Crippen LogP contribution in [-0.4, -0.2) is 69.2 Å². The number of anilines is 2. The minimum Gasteiger partial charge on any atom is -0.379 e. The fourth-order valence-corrected chi connectivity index (χ4v) is 5.11. The molecule has 0 radical (unpaired) electrons. The first-order valence-electron chi connectivity index (χ1n) is 12.6. The normalized spacial score (nSPS) is 17.1. The number of ether oxygens (including phenoxy) is 1. The number of carbonyl (C=O) groups excluding carboxylic acids is 2. The predicted molar refractivity (Wildman–Crippen MR) is 146 cm³/mol. The molecular formula is C27H34Cl2N4O3. The van der Waals surface area contributed by atoms with Crippen molar-refractivity contribution in [1.82, 2.24) is 10.2 Å². The SMILES string of the molecule is CC1CCN(c2ccc(NC(=O)c3ccc(Cl)cc3Cl)cc2C(=O)NCCCN2CCOCC2)CC1. The number of carbonyl (C=O) groups is 2. The molecule has 0 aliphatic carbocycles. The van der Waals surface area contributed by atoms with Crippen LogP contribution in [0, 0.1) is 5.92 Å². The summed E-state index contributed by atoms with van der Waals surface area (Å²) in [5.74, 6) is 0.195. The number of morpholine rings is 1. The molecule has 0 aromatic heterocycles. The number of amides is 2. The maximum absolute atomic E-state index is 13.3. The van der Waals surface area contributed by atoms with Gasteiger partial charge in [-0.25, -0.2) is 0 Å². The van der Waals surface area contributed by atoms with Crippen molar-refractivity contribution in [2.24, 2.45) is 5.92 Å². The predicted octanol–water partition coefficient (Wildman–Crippen LogP) is 4.93. The molecule has 36 heavy (non-hydrogen) atoms. The van der Waals surface area contributed by atoms with Crippen molar-refractivity contribution in [3.63, 3.8) is 0 Å². The van der Waals surface area contributed by atoms with Gasteiger partial charge in [-0.2, -0.15) is 0 Å². The van der Waals surface area contributed by atoms with Gasteiger partial charge in [0, 0.05) is 49.1 Å². The summed E-state index contributed by atoms with van der Waals surface area (Å²) in [4.78, 5) is 30.8. The Morgan fingerprint density at radius 2 is 1.72 bits per heavy atom. The number of nitrogens with one attached hydrogen (secondary N) is 2. The lowest BCUT2D eigenvalue weighted by Gasteiger charge is -2.33. The quantitative estimate of drug-likeness (QED) is 0.471. The van der Waals surface area contributed by atoms with Crippen molar-refractivity contribution >= 4 is 46.4 Å². The lowest BCUT2D eigenvalue weighted by atomic mass is 9.97. The number of piperidine rings is 1. The van der Waals surface area contributed by atoms with Crippen LogP contribution in [0.15, 0.2) is 36.4 Å². The van der Waals surface area contributed by atoms with Crippen LogP contribution in [0.25, 0.3) is 0 Å². The average Bonchev–Trinajstić information content (AvgIpc) is 2.87. The van der Waals surface area contributed by atoms with Crippen molar-refractivity contribution in [1.29, 1.82) is 0 Å². The van der Waals surface area contributed by atoms with Crippen LogP contribution in [0.5, 0.6) is 0 Å². The molecule has 2 saturated heterocycles. The second-order valence-electron chi connectivity index (χ2n) is 9.54. The summed E-state index contributed by atoms with van der Waals surface area (Å²) in [5, 5.41) is 6.70. The largest absolute Gasteiger partial charge is 0.379 e. The highest BCUT2D eigenvalue weighted by Gasteiger charge is 2.22. The van der Waals surface area contributed by atoms with Crippen molar-refractivity contribution in [2.75, 3.05) is 62.7 Å². The van der Waals surface area contributed by atoms with Gasteiger partial charge in [-0.3, -0.25) is 14.5 Å². The zero-order valence-electron chi connectivity index (χ0n) is 20.7. The number of nitrogens with zero attached hydrogens (tertiary/aromatic N) is 2. The first-order valence-corrected chi connectivity index (χ1v) is 13.4. The summed E-state index contributed by atoms with van der Waals surface area (Å²) in [7, 11) is 0. The van der Waals surface area contributed by atoms with E-state index in [2.05, 4.69) is 27.4 Å². The Labute approximate surface area is 223 Å². The van der Waals surface area contributed by atoms with E-state index in [1.54, 1.807) is 18.2 Å². The van der Waals surface area contributed by atoms with Gasteiger partial charge in [-0.1, -0.05) is 30.1 Å². The Balaban J connectivity index is 1.46.